The maximum Gasteiger partial charge on any atom is 0.241 e. The average Bonchev–Trinajstić information content (AvgIpc) is 2.49. The van der Waals surface area contributed by atoms with E-state index in [9.17, 15) is 4.79 Å². The van der Waals surface area contributed by atoms with Crippen molar-refractivity contribution in [2.75, 3.05) is 18.4 Å². The number of carbonyl (C=O) groups is 1. The zero-order chi connectivity index (χ0) is 17.2. The maximum atomic E-state index is 12.7. The SMILES string of the molecule is CC(C)c1ccccc1NC(=O)C(C)N1CCC(N)C(C)(C)C1.Cl. The number of nitrogens with two attached hydrogens (primary N) is 1. The minimum Gasteiger partial charge on any atom is -0.327 e. The third-order valence-corrected chi connectivity index (χ3v) is 5.11. The molecule has 4 nitrogen and oxygen atoms in total. The molecule has 0 radical (unpaired) electrons. The van der Waals surface area contributed by atoms with Gasteiger partial charge in [-0.1, -0.05) is 45.9 Å². The lowest BCUT2D eigenvalue weighted by Gasteiger charge is -2.44. The summed E-state index contributed by atoms with van der Waals surface area (Å²) in [6.07, 6.45) is 0.938. The van der Waals surface area contributed by atoms with E-state index in [2.05, 4.69) is 44.0 Å². The van der Waals surface area contributed by atoms with Crippen LogP contribution in [0.2, 0.25) is 0 Å². The highest BCUT2D eigenvalue weighted by atomic mass is 35.5. The Hall–Kier alpha value is -1.10. The van der Waals surface area contributed by atoms with Gasteiger partial charge < -0.3 is 11.1 Å². The molecule has 3 N–H and O–H groups in total. The van der Waals surface area contributed by atoms with Crippen molar-refractivity contribution in [3.8, 4) is 0 Å². The smallest absolute Gasteiger partial charge is 0.241 e. The highest BCUT2D eigenvalue weighted by Crippen LogP contribution is 2.29. The number of anilines is 1. The standard InChI is InChI=1S/C19H31N3O.ClH/c1-13(2)15-8-6-7-9-16(15)21-18(23)14(3)22-11-10-17(20)19(4,5)12-22;/h6-9,13-14,17H,10-12,20H2,1-5H3,(H,21,23);1H. The van der Waals surface area contributed by atoms with Crippen molar-refractivity contribution >= 4 is 24.0 Å². The zero-order valence-corrected chi connectivity index (χ0v) is 16.3. The molecule has 2 atom stereocenters. The fourth-order valence-electron chi connectivity index (χ4n) is 3.26. The molecule has 1 aromatic rings. The van der Waals surface area contributed by atoms with Gasteiger partial charge >= 0.3 is 0 Å². The van der Waals surface area contributed by atoms with Gasteiger partial charge in [0.05, 0.1) is 6.04 Å². The van der Waals surface area contributed by atoms with Crippen molar-refractivity contribution in [1.82, 2.24) is 4.90 Å². The second-order valence-corrected chi connectivity index (χ2v) is 7.76. The second-order valence-electron chi connectivity index (χ2n) is 7.76. The third kappa shape index (κ3) is 4.71. The summed E-state index contributed by atoms with van der Waals surface area (Å²) in [5.74, 6) is 0.443. The summed E-state index contributed by atoms with van der Waals surface area (Å²) >= 11 is 0. The Morgan fingerprint density at radius 2 is 1.92 bits per heavy atom. The number of rotatable bonds is 4. The van der Waals surface area contributed by atoms with Gasteiger partial charge in [-0.3, -0.25) is 9.69 Å². The molecule has 1 heterocycles. The summed E-state index contributed by atoms with van der Waals surface area (Å²) < 4.78 is 0. The number of carbonyl (C=O) groups excluding carboxylic acids is 1. The Labute approximate surface area is 152 Å². The van der Waals surface area contributed by atoms with Crippen LogP contribution >= 0.6 is 12.4 Å². The molecule has 0 bridgehead atoms. The van der Waals surface area contributed by atoms with E-state index >= 15 is 0 Å². The molecule has 1 fully saturated rings. The van der Waals surface area contributed by atoms with Crippen molar-refractivity contribution < 1.29 is 4.79 Å². The maximum absolute atomic E-state index is 12.7. The molecule has 2 rings (SSSR count). The Morgan fingerprint density at radius 3 is 2.50 bits per heavy atom. The first-order valence-corrected chi connectivity index (χ1v) is 8.62. The molecule has 1 aliphatic rings. The molecular weight excluding hydrogens is 322 g/mol. The number of halogens is 1. The molecule has 1 aliphatic heterocycles. The lowest BCUT2D eigenvalue weighted by atomic mass is 9.79. The van der Waals surface area contributed by atoms with E-state index in [1.54, 1.807) is 0 Å². The van der Waals surface area contributed by atoms with Crippen LogP contribution in [0.5, 0.6) is 0 Å². The molecule has 1 amide bonds. The van der Waals surface area contributed by atoms with Gasteiger partial charge in [-0.15, -0.1) is 12.4 Å². The third-order valence-electron chi connectivity index (χ3n) is 5.11. The van der Waals surface area contributed by atoms with Crippen molar-refractivity contribution in [3.05, 3.63) is 29.8 Å². The fraction of sp³-hybridized carbons (Fsp3) is 0.632. The minimum atomic E-state index is -0.151. The van der Waals surface area contributed by atoms with Crippen molar-refractivity contribution in [2.45, 2.75) is 59.0 Å². The van der Waals surface area contributed by atoms with Gasteiger partial charge in [0.2, 0.25) is 5.91 Å². The van der Waals surface area contributed by atoms with E-state index in [-0.39, 0.29) is 35.8 Å². The Morgan fingerprint density at radius 1 is 1.29 bits per heavy atom. The summed E-state index contributed by atoms with van der Waals surface area (Å²) in [5, 5.41) is 3.12. The topological polar surface area (TPSA) is 58.4 Å². The summed E-state index contributed by atoms with van der Waals surface area (Å²) in [4.78, 5) is 14.9. The van der Waals surface area contributed by atoms with Crippen LogP contribution in [-0.4, -0.2) is 36.0 Å². The van der Waals surface area contributed by atoms with Gasteiger partial charge in [0.25, 0.3) is 0 Å². The zero-order valence-electron chi connectivity index (χ0n) is 15.5. The number of hydrogen-bond acceptors (Lipinski definition) is 3. The lowest BCUT2D eigenvalue weighted by Crippen LogP contribution is -2.56. The number of benzene rings is 1. The van der Waals surface area contributed by atoms with Crippen LogP contribution in [0.3, 0.4) is 0 Å². The molecule has 0 aliphatic carbocycles. The van der Waals surface area contributed by atoms with Gasteiger partial charge in [0, 0.05) is 24.8 Å². The molecule has 2 unspecified atom stereocenters. The van der Waals surface area contributed by atoms with E-state index < -0.39 is 0 Å². The van der Waals surface area contributed by atoms with Gasteiger partial charge in [-0.05, 0) is 36.3 Å². The van der Waals surface area contributed by atoms with Crippen LogP contribution < -0.4 is 11.1 Å². The first-order chi connectivity index (χ1) is 10.7. The first kappa shape index (κ1) is 20.9. The minimum absolute atomic E-state index is 0. The van der Waals surface area contributed by atoms with Crippen LogP contribution in [0, 0.1) is 5.41 Å². The molecule has 24 heavy (non-hydrogen) atoms. The fourth-order valence-corrected chi connectivity index (χ4v) is 3.26. The van der Waals surface area contributed by atoms with E-state index in [1.807, 2.05) is 25.1 Å². The van der Waals surface area contributed by atoms with Crippen LogP contribution in [0.1, 0.15) is 52.5 Å². The van der Waals surface area contributed by atoms with Crippen molar-refractivity contribution in [1.29, 1.82) is 0 Å². The predicted molar refractivity (Wildman–Crippen MR) is 104 cm³/mol. The Kier molecular flexibility index (Phi) is 7.26. The predicted octanol–water partition coefficient (Wildman–Crippen LogP) is 3.62. The number of hydrogen-bond donors (Lipinski definition) is 2. The molecule has 0 saturated carbocycles. The number of nitrogens with one attached hydrogen (secondary N) is 1. The quantitative estimate of drug-likeness (QED) is 0.869. The van der Waals surface area contributed by atoms with Crippen molar-refractivity contribution in [3.63, 3.8) is 0 Å². The Balaban J connectivity index is 0.00000288. The van der Waals surface area contributed by atoms with E-state index in [1.165, 1.54) is 5.56 Å². The average molecular weight is 354 g/mol. The molecule has 0 aromatic heterocycles. The highest BCUT2D eigenvalue weighted by molar-refractivity contribution is 5.95. The number of nitrogens with zero attached hydrogens (tertiary/aromatic N) is 1. The molecular formula is C19H32ClN3O. The van der Waals surface area contributed by atoms with E-state index in [4.69, 9.17) is 5.73 Å². The molecule has 5 heteroatoms. The molecule has 1 aromatic carbocycles. The summed E-state index contributed by atoms with van der Waals surface area (Å²) in [7, 11) is 0. The number of amides is 1. The summed E-state index contributed by atoms with van der Waals surface area (Å²) in [5.41, 5.74) is 8.34. The number of para-hydroxylation sites is 1. The second kappa shape index (κ2) is 8.32. The molecule has 0 spiro atoms. The molecule has 1 saturated heterocycles. The van der Waals surface area contributed by atoms with Crippen LogP contribution in [0.15, 0.2) is 24.3 Å². The number of likely N-dealkylation sites (tertiary alicyclic amines) is 1. The lowest BCUT2D eigenvalue weighted by molar-refractivity contribution is -0.122. The molecule has 136 valence electrons. The van der Waals surface area contributed by atoms with Crippen LogP contribution in [0.25, 0.3) is 0 Å². The Bertz CT molecular complexity index is 559. The monoisotopic (exact) mass is 353 g/mol. The van der Waals surface area contributed by atoms with Crippen LogP contribution in [-0.2, 0) is 4.79 Å². The highest BCUT2D eigenvalue weighted by Gasteiger charge is 2.36. The number of piperidine rings is 1. The normalized spacial score (nSPS) is 21.9. The summed E-state index contributed by atoms with van der Waals surface area (Å²) in [6, 6.07) is 8.10. The largest absolute Gasteiger partial charge is 0.327 e. The van der Waals surface area contributed by atoms with Gasteiger partial charge in [0.1, 0.15) is 0 Å². The van der Waals surface area contributed by atoms with E-state index in [0.29, 0.717) is 5.92 Å². The van der Waals surface area contributed by atoms with Gasteiger partial charge in [-0.2, -0.15) is 0 Å². The van der Waals surface area contributed by atoms with Crippen LogP contribution in [0.4, 0.5) is 5.69 Å². The van der Waals surface area contributed by atoms with Gasteiger partial charge in [-0.25, -0.2) is 0 Å². The van der Waals surface area contributed by atoms with Gasteiger partial charge in [0.15, 0.2) is 0 Å². The van der Waals surface area contributed by atoms with E-state index in [0.717, 1.165) is 25.2 Å². The van der Waals surface area contributed by atoms with Crippen molar-refractivity contribution in [2.24, 2.45) is 11.1 Å². The first-order valence-electron chi connectivity index (χ1n) is 8.62. The summed E-state index contributed by atoms with van der Waals surface area (Å²) in [6.45, 7) is 12.4.